The summed E-state index contributed by atoms with van der Waals surface area (Å²) in [4.78, 5) is 22.7. The van der Waals surface area contributed by atoms with Crippen LogP contribution in [0.25, 0.3) is 0 Å². The van der Waals surface area contributed by atoms with Crippen molar-refractivity contribution in [2.45, 2.75) is 62.9 Å². The van der Waals surface area contributed by atoms with E-state index < -0.39 is 0 Å². The van der Waals surface area contributed by atoms with Crippen LogP contribution in [0.15, 0.2) is 11.6 Å². The van der Waals surface area contributed by atoms with Crippen LogP contribution in [0.2, 0.25) is 0 Å². The molecule has 120 valence electrons. The van der Waals surface area contributed by atoms with Crippen LogP contribution in [-0.4, -0.2) is 45.9 Å². The third-order valence-corrected chi connectivity index (χ3v) is 6.67. The van der Waals surface area contributed by atoms with Gasteiger partial charge in [0.15, 0.2) is 0 Å². The monoisotopic (exact) mass is 319 g/mol. The van der Waals surface area contributed by atoms with Gasteiger partial charge in [-0.25, -0.2) is 4.98 Å². The minimum absolute atomic E-state index is 0.184. The molecule has 1 unspecified atom stereocenters. The van der Waals surface area contributed by atoms with Crippen molar-refractivity contribution in [2.24, 2.45) is 0 Å². The molecule has 3 fully saturated rings. The molecule has 2 aliphatic heterocycles. The Bertz CT molecular complexity index is 518. The first-order valence-electron chi connectivity index (χ1n) is 8.77. The summed E-state index contributed by atoms with van der Waals surface area (Å²) < 4.78 is 0. The SMILES string of the molecule is O=C(N1CCCC1c1nccs1)C1(N2CCCC2)CCCC1. The number of amides is 1. The summed E-state index contributed by atoms with van der Waals surface area (Å²) in [6.45, 7) is 3.14. The number of likely N-dealkylation sites (tertiary alicyclic amines) is 2. The molecule has 0 aromatic carbocycles. The molecule has 1 atom stereocenters. The molecule has 0 N–H and O–H groups in total. The van der Waals surface area contributed by atoms with Gasteiger partial charge in [-0.05, 0) is 51.6 Å². The van der Waals surface area contributed by atoms with Crippen LogP contribution < -0.4 is 0 Å². The van der Waals surface area contributed by atoms with E-state index in [0.29, 0.717) is 5.91 Å². The molecule has 3 aliphatic rings. The molecule has 1 amide bonds. The molecule has 0 spiro atoms. The molecule has 3 heterocycles. The first-order chi connectivity index (χ1) is 10.8. The molecule has 4 nitrogen and oxygen atoms in total. The molecule has 5 heteroatoms. The van der Waals surface area contributed by atoms with Crippen LogP contribution in [0, 0.1) is 0 Å². The van der Waals surface area contributed by atoms with Gasteiger partial charge in [-0.1, -0.05) is 12.8 Å². The molecule has 1 aliphatic carbocycles. The van der Waals surface area contributed by atoms with E-state index in [1.54, 1.807) is 11.3 Å². The van der Waals surface area contributed by atoms with Crippen molar-refractivity contribution in [1.82, 2.24) is 14.8 Å². The van der Waals surface area contributed by atoms with Crippen LogP contribution >= 0.6 is 11.3 Å². The molecule has 0 bridgehead atoms. The van der Waals surface area contributed by atoms with Gasteiger partial charge in [0.25, 0.3) is 0 Å². The van der Waals surface area contributed by atoms with E-state index in [1.165, 1.54) is 25.7 Å². The molecular formula is C17H25N3OS. The number of thiazole rings is 1. The molecule has 22 heavy (non-hydrogen) atoms. The summed E-state index contributed by atoms with van der Waals surface area (Å²) in [5, 5.41) is 3.16. The van der Waals surface area contributed by atoms with Crippen LogP contribution in [-0.2, 0) is 4.79 Å². The first-order valence-corrected chi connectivity index (χ1v) is 9.65. The standard InChI is InChI=1S/C17H25N3OS/c21-16(17(7-1-2-8-17)19-10-3-4-11-19)20-12-5-6-14(20)15-18-9-13-22-15/h9,13-14H,1-8,10-12H2. The lowest BCUT2D eigenvalue weighted by atomic mass is 9.93. The molecule has 1 aromatic rings. The quantitative estimate of drug-likeness (QED) is 0.858. The largest absolute Gasteiger partial charge is 0.332 e. The minimum atomic E-state index is -0.184. The zero-order valence-electron chi connectivity index (χ0n) is 13.2. The van der Waals surface area contributed by atoms with Crippen molar-refractivity contribution < 1.29 is 4.79 Å². The predicted molar refractivity (Wildman–Crippen MR) is 87.8 cm³/mol. The van der Waals surface area contributed by atoms with Gasteiger partial charge in [-0.15, -0.1) is 11.3 Å². The number of hydrogen-bond donors (Lipinski definition) is 0. The Labute approximate surface area is 136 Å². The van der Waals surface area contributed by atoms with Crippen molar-refractivity contribution in [3.05, 3.63) is 16.6 Å². The van der Waals surface area contributed by atoms with E-state index in [9.17, 15) is 4.79 Å². The maximum Gasteiger partial charge on any atom is 0.243 e. The Morgan fingerprint density at radius 1 is 1.14 bits per heavy atom. The normalized spacial score (nSPS) is 28.5. The van der Waals surface area contributed by atoms with Gasteiger partial charge in [0, 0.05) is 18.1 Å². The number of aromatic nitrogens is 1. The van der Waals surface area contributed by atoms with E-state index in [1.807, 2.05) is 11.6 Å². The molecule has 1 aromatic heterocycles. The van der Waals surface area contributed by atoms with E-state index in [2.05, 4.69) is 14.8 Å². The van der Waals surface area contributed by atoms with Gasteiger partial charge in [-0.2, -0.15) is 0 Å². The Morgan fingerprint density at radius 2 is 1.91 bits per heavy atom. The predicted octanol–water partition coefficient (Wildman–Crippen LogP) is 3.22. The van der Waals surface area contributed by atoms with Gasteiger partial charge in [0.05, 0.1) is 6.04 Å². The Balaban J connectivity index is 1.61. The topological polar surface area (TPSA) is 36.4 Å². The van der Waals surface area contributed by atoms with Crippen LogP contribution in [0.5, 0.6) is 0 Å². The van der Waals surface area contributed by atoms with Crippen molar-refractivity contribution >= 4 is 17.2 Å². The van der Waals surface area contributed by atoms with Gasteiger partial charge in [0.2, 0.25) is 5.91 Å². The van der Waals surface area contributed by atoms with Crippen LogP contribution in [0.1, 0.15) is 62.4 Å². The van der Waals surface area contributed by atoms with E-state index in [-0.39, 0.29) is 11.6 Å². The van der Waals surface area contributed by atoms with Crippen LogP contribution in [0.4, 0.5) is 0 Å². The highest BCUT2D eigenvalue weighted by Gasteiger charge is 2.50. The average molecular weight is 319 g/mol. The molecule has 0 radical (unpaired) electrons. The second kappa shape index (κ2) is 5.93. The Kier molecular flexibility index (Phi) is 3.95. The minimum Gasteiger partial charge on any atom is -0.332 e. The number of rotatable bonds is 3. The van der Waals surface area contributed by atoms with Crippen molar-refractivity contribution in [1.29, 1.82) is 0 Å². The molecule has 4 rings (SSSR count). The van der Waals surface area contributed by atoms with Gasteiger partial charge >= 0.3 is 0 Å². The fraction of sp³-hybridized carbons (Fsp3) is 0.765. The average Bonchev–Trinajstić information content (AvgIpc) is 3.36. The first kappa shape index (κ1) is 14.6. The summed E-state index contributed by atoms with van der Waals surface area (Å²) in [7, 11) is 0. The second-order valence-corrected chi connectivity index (χ2v) is 7.89. The van der Waals surface area contributed by atoms with E-state index >= 15 is 0 Å². The zero-order valence-corrected chi connectivity index (χ0v) is 14.0. The lowest BCUT2D eigenvalue weighted by molar-refractivity contribution is -0.145. The number of carbonyl (C=O) groups is 1. The smallest absolute Gasteiger partial charge is 0.243 e. The van der Waals surface area contributed by atoms with E-state index in [4.69, 9.17) is 0 Å². The zero-order chi connectivity index (χ0) is 15.0. The van der Waals surface area contributed by atoms with Gasteiger partial charge < -0.3 is 4.90 Å². The molecule has 1 saturated carbocycles. The fourth-order valence-corrected chi connectivity index (χ4v) is 5.49. The Morgan fingerprint density at radius 3 is 2.59 bits per heavy atom. The molecular weight excluding hydrogens is 294 g/mol. The van der Waals surface area contributed by atoms with Crippen LogP contribution in [0.3, 0.4) is 0 Å². The maximum atomic E-state index is 13.5. The van der Waals surface area contributed by atoms with E-state index in [0.717, 1.165) is 50.3 Å². The third-order valence-electron chi connectivity index (χ3n) is 5.79. The maximum absolute atomic E-state index is 13.5. The summed E-state index contributed by atoms with van der Waals surface area (Å²) in [5.74, 6) is 0.407. The number of carbonyl (C=O) groups excluding carboxylic acids is 1. The highest BCUT2D eigenvalue weighted by molar-refractivity contribution is 7.09. The lowest BCUT2D eigenvalue weighted by Crippen LogP contribution is -2.57. The highest BCUT2D eigenvalue weighted by atomic mass is 32.1. The summed E-state index contributed by atoms with van der Waals surface area (Å²) >= 11 is 1.70. The van der Waals surface area contributed by atoms with Crippen molar-refractivity contribution in [3.8, 4) is 0 Å². The summed E-state index contributed by atoms with van der Waals surface area (Å²) in [6.07, 6.45) is 11.1. The lowest BCUT2D eigenvalue weighted by Gasteiger charge is -2.41. The fourth-order valence-electron chi connectivity index (χ4n) is 4.70. The summed E-state index contributed by atoms with van der Waals surface area (Å²) in [5.41, 5.74) is -0.184. The summed E-state index contributed by atoms with van der Waals surface area (Å²) in [6, 6.07) is 0.229. The number of nitrogens with zero attached hydrogens (tertiary/aromatic N) is 3. The highest BCUT2D eigenvalue weighted by Crippen LogP contribution is 2.42. The third kappa shape index (κ3) is 2.29. The Hall–Kier alpha value is -0.940. The second-order valence-electron chi connectivity index (χ2n) is 6.96. The van der Waals surface area contributed by atoms with Gasteiger partial charge in [0.1, 0.15) is 10.5 Å². The van der Waals surface area contributed by atoms with Gasteiger partial charge in [-0.3, -0.25) is 9.69 Å². The van der Waals surface area contributed by atoms with Crippen molar-refractivity contribution in [2.75, 3.05) is 19.6 Å². The van der Waals surface area contributed by atoms with Crippen molar-refractivity contribution in [3.63, 3.8) is 0 Å². The number of hydrogen-bond acceptors (Lipinski definition) is 4. The molecule has 2 saturated heterocycles.